The monoisotopic (exact) mass is 477 g/mol. The van der Waals surface area contributed by atoms with Crippen LogP contribution in [-0.4, -0.2) is 5.91 Å². The minimum atomic E-state index is -0.480. The number of halogens is 2. The molecule has 2 heterocycles. The molecule has 2 aromatic heterocycles. The quantitative estimate of drug-likeness (QED) is 0.328. The van der Waals surface area contributed by atoms with E-state index in [1.807, 2.05) is 12.1 Å². The van der Waals surface area contributed by atoms with Crippen LogP contribution in [0.15, 0.2) is 90.9 Å². The van der Waals surface area contributed by atoms with Crippen molar-refractivity contribution in [2.75, 3.05) is 5.32 Å². The summed E-state index contributed by atoms with van der Waals surface area (Å²) in [6, 6.07) is 19.1. The Labute approximate surface area is 183 Å². The number of rotatable bonds is 3. The van der Waals surface area contributed by atoms with Gasteiger partial charge >= 0.3 is 0 Å². The molecule has 0 aliphatic heterocycles. The number of carbonyl (C=O) groups excluding carboxylic acids is 1. The van der Waals surface area contributed by atoms with Gasteiger partial charge in [0.25, 0.3) is 5.91 Å². The Kier molecular flexibility index (Phi) is 4.67. The average Bonchev–Trinajstić information content (AvgIpc) is 3.18. The normalized spacial score (nSPS) is 11.2. The summed E-state index contributed by atoms with van der Waals surface area (Å²) in [5.41, 5.74) is 1.15. The number of anilines is 1. The summed E-state index contributed by atoms with van der Waals surface area (Å²) >= 11 is 3.38. The molecule has 3 aromatic carbocycles. The van der Waals surface area contributed by atoms with Crippen LogP contribution in [0.1, 0.15) is 10.6 Å². The van der Waals surface area contributed by atoms with E-state index in [1.54, 1.807) is 42.5 Å². The Balaban J connectivity index is 1.47. The zero-order chi connectivity index (χ0) is 21.5. The second-order valence-corrected chi connectivity index (χ2v) is 7.83. The lowest BCUT2D eigenvalue weighted by molar-refractivity contribution is 0.0998. The highest BCUT2D eigenvalue weighted by Crippen LogP contribution is 2.27. The first-order chi connectivity index (χ1) is 15.0. The molecule has 0 saturated carbocycles. The fourth-order valence-corrected chi connectivity index (χ4v) is 3.73. The third-order valence-electron chi connectivity index (χ3n) is 4.83. The van der Waals surface area contributed by atoms with Crippen LogP contribution >= 0.6 is 15.9 Å². The fourth-order valence-electron chi connectivity index (χ4n) is 3.35. The molecule has 0 aliphatic carbocycles. The van der Waals surface area contributed by atoms with Gasteiger partial charge in [-0.05, 0) is 54.6 Å². The van der Waals surface area contributed by atoms with Gasteiger partial charge in [-0.1, -0.05) is 28.1 Å². The maximum Gasteiger partial charge on any atom is 0.291 e. The molecule has 0 bridgehead atoms. The van der Waals surface area contributed by atoms with Crippen LogP contribution in [0.4, 0.5) is 10.1 Å². The van der Waals surface area contributed by atoms with Crippen molar-refractivity contribution in [2.45, 2.75) is 0 Å². The van der Waals surface area contributed by atoms with E-state index in [-0.39, 0.29) is 33.5 Å². The minimum absolute atomic E-state index is 0.140. The molecule has 0 fully saturated rings. The molecule has 152 valence electrons. The molecule has 0 saturated heterocycles. The fraction of sp³-hybridized carbons (Fsp3) is 0. The molecule has 0 radical (unpaired) electrons. The van der Waals surface area contributed by atoms with Gasteiger partial charge in [-0.3, -0.25) is 9.59 Å². The van der Waals surface area contributed by atoms with Crippen molar-refractivity contribution in [1.29, 1.82) is 0 Å². The zero-order valence-electron chi connectivity index (χ0n) is 15.8. The summed E-state index contributed by atoms with van der Waals surface area (Å²) < 4.78 is 26.3. The molecule has 1 amide bonds. The molecular formula is C24H13BrFNO4. The van der Waals surface area contributed by atoms with Gasteiger partial charge in [0.1, 0.15) is 22.7 Å². The van der Waals surface area contributed by atoms with Crippen LogP contribution in [0.3, 0.4) is 0 Å². The van der Waals surface area contributed by atoms with E-state index < -0.39 is 11.7 Å². The standard InChI is InChI=1S/C24H13BrFNO4/c25-14-5-7-20-13(9-14)10-23(30-20)24(29)27-15-6-8-21-17(11-15)19(28)12-22(31-21)16-3-1-2-4-18(16)26/h1-12H,(H,27,29). The molecule has 5 aromatic rings. The maximum atomic E-state index is 14.1. The van der Waals surface area contributed by atoms with Crippen LogP contribution in [-0.2, 0) is 0 Å². The SMILES string of the molecule is O=C(Nc1ccc2oc(-c3ccccc3F)cc(=O)c2c1)c1cc2cc(Br)ccc2o1. The molecule has 1 N–H and O–H groups in total. The van der Waals surface area contributed by atoms with Gasteiger partial charge in [-0.15, -0.1) is 0 Å². The number of hydrogen-bond acceptors (Lipinski definition) is 4. The number of benzene rings is 3. The summed E-state index contributed by atoms with van der Waals surface area (Å²) in [6.45, 7) is 0. The van der Waals surface area contributed by atoms with Gasteiger partial charge in [0.15, 0.2) is 11.2 Å². The van der Waals surface area contributed by atoms with E-state index in [4.69, 9.17) is 8.83 Å². The van der Waals surface area contributed by atoms with Crippen molar-refractivity contribution in [1.82, 2.24) is 0 Å². The summed E-state index contributed by atoms with van der Waals surface area (Å²) in [5.74, 6) is -0.637. The predicted octanol–water partition coefficient (Wildman–Crippen LogP) is 6.36. The lowest BCUT2D eigenvalue weighted by Gasteiger charge is -2.07. The summed E-state index contributed by atoms with van der Waals surface area (Å²) in [6.07, 6.45) is 0. The van der Waals surface area contributed by atoms with Crippen LogP contribution in [0, 0.1) is 5.82 Å². The van der Waals surface area contributed by atoms with Crippen molar-refractivity contribution in [3.8, 4) is 11.3 Å². The predicted molar refractivity (Wildman–Crippen MR) is 120 cm³/mol. The third kappa shape index (κ3) is 3.64. The Morgan fingerprint density at radius 3 is 2.55 bits per heavy atom. The molecule has 5 nitrogen and oxygen atoms in total. The molecule has 0 spiro atoms. The smallest absolute Gasteiger partial charge is 0.291 e. The summed E-state index contributed by atoms with van der Waals surface area (Å²) in [4.78, 5) is 25.2. The van der Waals surface area contributed by atoms with E-state index >= 15 is 0 Å². The van der Waals surface area contributed by atoms with Crippen molar-refractivity contribution >= 4 is 49.5 Å². The van der Waals surface area contributed by atoms with Crippen molar-refractivity contribution < 1.29 is 18.0 Å². The van der Waals surface area contributed by atoms with Crippen molar-refractivity contribution in [3.63, 3.8) is 0 Å². The highest BCUT2D eigenvalue weighted by Gasteiger charge is 2.15. The van der Waals surface area contributed by atoms with Crippen molar-refractivity contribution in [3.05, 3.63) is 99.1 Å². The van der Waals surface area contributed by atoms with E-state index in [0.717, 1.165) is 9.86 Å². The van der Waals surface area contributed by atoms with Crippen LogP contribution in [0.25, 0.3) is 33.3 Å². The molecule has 0 unspecified atom stereocenters. The zero-order valence-corrected chi connectivity index (χ0v) is 17.4. The van der Waals surface area contributed by atoms with Gasteiger partial charge in [-0.2, -0.15) is 0 Å². The van der Waals surface area contributed by atoms with E-state index in [9.17, 15) is 14.0 Å². The first-order valence-corrected chi connectivity index (χ1v) is 10.1. The number of furan rings is 1. The number of carbonyl (C=O) groups is 1. The first kappa shape index (κ1) is 19.3. The molecule has 5 rings (SSSR count). The molecule has 0 atom stereocenters. The van der Waals surface area contributed by atoms with E-state index in [2.05, 4.69) is 21.2 Å². The molecule has 7 heteroatoms. The Morgan fingerprint density at radius 1 is 0.903 bits per heavy atom. The first-order valence-electron chi connectivity index (χ1n) is 9.31. The number of fused-ring (bicyclic) bond motifs is 2. The highest BCUT2D eigenvalue weighted by atomic mass is 79.9. The minimum Gasteiger partial charge on any atom is -0.456 e. The molecular weight excluding hydrogens is 465 g/mol. The molecule has 0 aliphatic rings. The Hall–Kier alpha value is -3.71. The lowest BCUT2D eigenvalue weighted by Crippen LogP contribution is -2.11. The maximum absolute atomic E-state index is 14.1. The van der Waals surface area contributed by atoms with Crippen LogP contribution in [0.2, 0.25) is 0 Å². The highest BCUT2D eigenvalue weighted by molar-refractivity contribution is 9.10. The lowest BCUT2D eigenvalue weighted by atomic mass is 10.1. The number of amides is 1. The number of nitrogens with one attached hydrogen (secondary N) is 1. The Bertz CT molecular complexity index is 1540. The average molecular weight is 478 g/mol. The van der Waals surface area contributed by atoms with Gasteiger partial charge in [0.2, 0.25) is 0 Å². The van der Waals surface area contributed by atoms with Gasteiger partial charge < -0.3 is 14.2 Å². The van der Waals surface area contributed by atoms with Crippen LogP contribution in [0.5, 0.6) is 0 Å². The largest absolute Gasteiger partial charge is 0.456 e. The summed E-state index contributed by atoms with van der Waals surface area (Å²) in [5, 5.41) is 3.78. The van der Waals surface area contributed by atoms with Gasteiger partial charge in [-0.25, -0.2) is 4.39 Å². The Morgan fingerprint density at radius 2 is 1.71 bits per heavy atom. The summed E-state index contributed by atoms with van der Waals surface area (Å²) in [7, 11) is 0. The van der Waals surface area contributed by atoms with Crippen molar-refractivity contribution in [2.24, 2.45) is 0 Å². The van der Waals surface area contributed by atoms with Crippen LogP contribution < -0.4 is 10.7 Å². The second-order valence-electron chi connectivity index (χ2n) is 6.91. The van der Waals surface area contributed by atoms with E-state index in [1.165, 1.54) is 18.2 Å². The number of hydrogen-bond donors (Lipinski definition) is 1. The van der Waals surface area contributed by atoms with E-state index in [0.29, 0.717) is 11.3 Å². The van der Waals surface area contributed by atoms with Gasteiger partial charge in [0, 0.05) is 21.6 Å². The third-order valence-corrected chi connectivity index (χ3v) is 5.32. The molecule has 31 heavy (non-hydrogen) atoms. The second kappa shape index (κ2) is 7.52. The van der Waals surface area contributed by atoms with Gasteiger partial charge in [0.05, 0.1) is 10.9 Å². The topological polar surface area (TPSA) is 72.5 Å².